The van der Waals surface area contributed by atoms with Crippen LogP contribution in [0.3, 0.4) is 0 Å². The fraction of sp³-hybridized carbons (Fsp3) is 1.00. The van der Waals surface area contributed by atoms with E-state index in [1.165, 1.54) is 0 Å². The van der Waals surface area contributed by atoms with E-state index in [9.17, 15) is 8.42 Å². The first-order valence-electron chi connectivity index (χ1n) is 5.99. The van der Waals surface area contributed by atoms with Crippen LogP contribution in [-0.2, 0) is 14.6 Å². The molecule has 5 heteroatoms. The van der Waals surface area contributed by atoms with Gasteiger partial charge >= 0.3 is 0 Å². The lowest BCUT2D eigenvalue weighted by atomic mass is 9.81. The molecular formula is C11H21NO3S. The molecule has 2 heterocycles. The lowest BCUT2D eigenvalue weighted by molar-refractivity contribution is 0.0850. The highest BCUT2D eigenvalue weighted by atomic mass is 32.2. The summed E-state index contributed by atoms with van der Waals surface area (Å²) in [6.07, 6.45) is 3.79. The zero-order valence-corrected chi connectivity index (χ0v) is 10.8. The molecule has 0 aromatic carbocycles. The molecule has 0 aromatic rings. The maximum atomic E-state index is 11.7. The Morgan fingerprint density at radius 3 is 2.56 bits per heavy atom. The van der Waals surface area contributed by atoms with E-state index in [1.54, 1.807) is 13.8 Å². The molecule has 0 spiro atoms. The van der Waals surface area contributed by atoms with Crippen molar-refractivity contribution in [2.24, 2.45) is 5.73 Å². The molecule has 0 radical (unpaired) electrons. The summed E-state index contributed by atoms with van der Waals surface area (Å²) in [5, 5.41) is -0.310. The van der Waals surface area contributed by atoms with Gasteiger partial charge in [0.15, 0.2) is 9.84 Å². The maximum Gasteiger partial charge on any atom is 0.152 e. The van der Waals surface area contributed by atoms with Crippen molar-refractivity contribution in [3.8, 4) is 0 Å². The minimum atomic E-state index is -2.98. The van der Waals surface area contributed by atoms with E-state index in [1.807, 2.05) is 0 Å². The van der Waals surface area contributed by atoms with Crippen molar-refractivity contribution in [2.75, 3.05) is 5.75 Å². The van der Waals surface area contributed by atoms with Crippen LogP contribution in [0, 0.1) is 0 Å². The molecule has 2 bridgehead atoms. The second-order valence-corrected chi connectivity index (χ2v) is 8.10. The molecular weight excluding hydrogens is 226 g/mol. The number of fused-ring (bicyclic) bond motifs is 2. The van der Waals surface area contributed by atoms with Gasteiger partial charge in [0.2, 0.25) is 0 Å². The Kier molecular flexibility index (Phi) is 3.05. The SMILES string of the molecule is CC(C)S(=O)(=O)CCC1(N)CC2CCC1O2. The number of rotatable bonds is 4. The van der Waals surface area contributed by atoms with Gasteiger partial charge < -0.3 is 10.5 Å². The van der Waals surface area contributed by atoms with E-state index in [0.29, 0.717) is 6.42 Å². The van der Waals surface area contributed by atoms with Crippen LogP contribution in [0.25, 0.3) is 0 Å². The second kappa shape index (κ2) is 3.96. The molecule has 0 amide bonds. The predicted molar refractivity (Wildman–Crippen MR) is 63.0 cm³/mol. The van der Waals surface area contributed by atoms with E-state index in [-0.39, 0.29) is 23.2 Å². The van der Waals surface area contributed by atoms with Crippen LogP contribution >= 0.6 is 0 Å². The van der Waals surface area contributed by atoms with Gasteiger partial charge in [-0.25, -0.2) is 8.42 Å². The summed E-state index contributed by atoms with van der Waals surface area (Å²) in [5.74, 6) is 0.188. The lowest BCUT2D eigenvalue weighted by Crippen LogP contribution is -2.50. The maximum absolute atomic E-state index is 11.7. The van der Waals surface area contributed by atoms with Gasteiger partial charge in [0.05, 0.1) is 23.2 Å². The second-order valence-electron chi connectivity index (χ2n) is 5.43. The third-order valence-electron chi connectivity index (χ3n) is 3.93. The third-order valence-corrected chi connectivity index (χ3v) is 6.14. The molecule has 3 atom stereocenters. The highest BCUT2D eigenvalue weighted by molar-refractivity contribution is 7.91. The smallest absolute Gasteiger partial charge is 0.152 e. The Balaban J connectivity index is 1.96. The number of hydrogen-bond acceptors (Lipinski definition) is 4. The standard InChI is InChI=1S/C11H21NO3S/c1-8(2)16(13,14)6-5-11(12)7-9-3-4-10(11)15-9/h8-10H,3-7,12H2,1-2H3. The van der Waals surface area contributed by atoms with Gasteiger partial charge in [0.1, 0.15) is 0 Å². The van der Waals surface area contributed by atoms with Gasteiger partial charge in [-0.05, 0) is 39.5 Å². The number of nitrogens with two attached hydrogens (primary N) is 1. The molecule has 2 N–H and O–H groups in total. The van der Waals surface area contributed by atoms with Crippen molar-refractivity contribution in [1.82, 2.24) is 0 Å². The van der Waals surface area contributed by atoms with Crippen LogP contribution in [0.15, 0.2) is 0 Å². The summed E-state index contributed by atoms with van der Waals surface area (Å²) in [6, 6.07) is 0. The highest BCUT2D eigenvalue weighted by Gasteiger charge is 2.50. The molecule has 2 rings (SSSR count). The number of sulfone groups is 1. The van der Waals surface area contributed by atoms with E-state index in [0.717, 1.165) is 19.3 Å². The highest BCUT2D eigenvalue weighted by Crippen LogP contribution is 2.42. The molecule has 0 aromatic heterocycles. The first kappa shape index (κ1) is 12.3. The first-order valence-corrected chi connectivity index (χ1v) is 7.71. The summed E-state index contributed by atoms with van der Waals surface area (Å²) in [4.78, 5) is 0. The van der Waals surface area contributed by atoms with E-state index < -0.39 is 15.4 Å². The van der Waals surface area contributed by atoms with Crippen LogP contribution in [0.2, 0.25) is 0 Å². The Bertz CT molecular complexity index is 365. The summed E-state index contributed by atoms with van der Waals surface area (Å²) >= 11 is 0. The van der Waals surface area contributed by atoms with Crippen LogP contribution in [0.1, 0.15) is 39.5 Å². The van der Waals surface area contributed by atoms with Crippen molar-refractivity contribution < 1.29 is 13.2 Å². The minimum absolute atomic E-state index is 0.0832. The molecule has 2 aliphatic heterocycles. The number of ether oxygens (including phenoxy) is 1. The van der Waals surface area contributed by atoms with Crippen molar-refractivity contribution >= 4 is 9.84 Å². The van der Waals surface area contributed by atoms with Crippen LogP contribution in [0.5, 0.6) is 0 Å². The van der Waals surface area contributed by atoms with Crippen LogP contribution < -0.4 is 5.73 Å². The quantitative estimate of drug-likeness (QED) is 0.799. The van der Waals surface area contributed by atoms with Crippen LogP contribution in [0.4, 0.5) is 0 Å². The largest absolute Gasteiger partial charge is 0.373 e. The zero-order valence-electron chi connectivity index (χ0n) is 9.98. The Hall–Kier alpha value is -0.130. The summed E-state index contributed by atoms with van der Waals surface area (Å²) in [7, 11) is -2.98. The molecule has 16 heavy (non-hydrogen) atoms. The normalized spacial score (nSPS) is 38.5. The topological polar surface area (TPSA) is 69.4 Å². The van der Waals surface area contributed by atoms with Gasteiger partial charge in [-0.2, -0.15) is 0 Å². The van der Waals surface area contributed by atoms with Gasteiger partial charge in [0, 0.05) is 5.54 Å². The van der Waals surface area contributed by atoms with Gasteiger partial charge in [0.25, 0.3) is 0 Å². The molecule has 2 aliphatic rings. The fourth-order valence-electron chi connectivity index (χ4n) is 2.67. The number of hydrogen-bond donors (Lipinski definition) is 1. The molecule has 3 unspecified atom stereocenters. The Morgan fingerprint density at radius 1 is 1.44 bits per heavy atom. The molecule has 4 nitrogen and oxygen atoms in total. The van der Waals surface area contributed by atoms with Crippen molar-refractivity contribution in [2.45, 2.75) is 62.5 Å². The molecule has 2 saturated heterocycles. The van der Waals surface area contributed by atoms with E-state index >= 15 is 0 Å². The monoisotopic (exact) mass is 247 g/mol. The van der Waals surface area contributed by atoms with E-state index in [2.05, 4.69) is 0 Å². The van der Waals surface area contributed by atoms with E-state index in [4.69, 9.17) is 10.5 Å². The third kappa shape index (κ3) is 2.13. The van der Waals surface area contributed by atoms with Crippen molar-refractivity contribution in [3.63, 3.8) is 0 Å². The first-order chi connectivity index (χ1) is 7.33. The van der Waals surface area contributed by atoms with Crippen molar-refractivity contribution in [3.05, 3.63) is 0 Å². The predicted octanol–water partition coefficient (Wildman–Crippen LogP) is 0.849. The lowest BCUT2D eigenvalue weighted by Gasteiger charge is -2.31. The van der Waals surface area contributed by atoms with Gasteiger partial charge in [-0.15, -0.1) is 0 Å². The van der Waals surface area contributed by atoms with Crippen LogP contribution in [-0.4, -0.2) is 37.2 Å². The molecule has 2 fully saturated rings. The zero-order chi connectivity index (χ0) is 12.0. The Morgan fingerprint density at radius 2 is 2.12 bits per heavy atom. The minimum Gasteiger partial charge on any atom is -0.373 e. The van der Waals surface area contributed by atoms with Crippen molar-refractivity contribution in [1.29, 1.82) is 0 Å². The van der Waals surface area contributed by atoms with Gasteiger partial charge in [-0.1, -0.05) is 0 Å². The fourth-order valence-corrected chi connectivity index (χ4v) is 3.80. The average Bonchev–Trinajstić information content (AvgIpc) is 2.74. The molecule has 94 valence electrons. The molecule has 0 aliphatic carbocycles. The summed E-state index contributed by atoms with van der Waals surface area (Å²) in [5.41, 5.74) is 5.86. The summed E-state index contributed by atoms with van der Waals surface area (Å²) in [6.45, 7) is 3.44. The summed E-state index contributed by atoms with van der Waals surface area (Å²) < 4.78 is 29.2. The Labute approximate surface area is 97.5 Å². The average molecular weight is 247 g/mol. The van der Waals surface area contributed by atoms with Gasteiger partial charge in [-0.3, -0.25) is 0 Å². The molecule has 0 saturated carbocycles.